The second-order valence-corrected chi connectivity index (χ2v) is 12.4. The molecule has 8 fully saturated rings. The average molecular weight is 435 g/mol. The summed E-state index contributed by atoms with van der Waals surface area (Å²) in [6, 6.07) is 0.532. The minimum Gasteiger partial charge on any atom is -0.351 e. The van der Waals surface area contributed by atoms with Gasteiger partial charge in [0.15, 0.2) is 0 Å². The first-order valence-electron chi connectivity index (χ1n) is 13.3. The SMILES string of the molecule is C=CCNc1nc(NC2C3CC4CC(C3)CC2C4)nc(NC23CC4CC(CC(C4)C2)C3)n1. The zero-order valence-electron chi connectivity index (χ0n) is 19.2. The Bertz CT molecular complexity index is 833. The molecule has 32 heavy (non-hydrogen) atoms. The lowest BCUT2D eigenvalue weighted by atomic mass is 9.53. The van der Waals surface area contributed by atoms with Crippen molar-refractivity contribution < 1.29 is 0 Å². The summed E-state index contributed by atoms with van der Waals surface area (Å²) in [6.07, 6.45) is 17.2. The van der Waals surface area contributed by atoms with E-state index in [1.807, 2.05) is 6.08 Å². The van der Waals surface area contributed by atoms with Crippen molar-refractivity contribution in [2.75, 3.05) is 22.5 Å². The molecular formula is C26H38N6. The van der Waals surface area contributed by atoms with E-state index in [9.17, 15) is 0 Å². The van der Waals surface area contributed by atoms with Gasteiger partial charge >= 0.3 is 0 Å². The molecule has 172 valence electrons. The minimum absolute atomic E-state index is 0.200. The summed E-state index contributed by atoms with van der Waals surface area (Å²) in [5.74, 6) is 8.45. The van der Waals surface area contributed by atoms with Crippen molar-refractivity contribution in [3.05, 3.63) is 12.7 Å². The number of anilines is 3. The number of nitrogens with one attached hydrogen (secondary N) is 3. The number of hydrogen-bond acceptors (Lipinski definition) is 6. The summed E-state index contributed by atoms with van der Waals surface area (Å²) in [5.41, 5.74) is 0.200. The lowest BCUT2D eigenvalue weighted by molar-refractivity contribution is 0.00720. The second-order valence-electron chi connectivity index (χ2n) is 12.4. The second kappa shape index (κ2) is 7.33. The van der Waals surface area contributed by atoms with Crippen LogP contribution in [0.5, 0.6) is 0 Å². The van der Waals surface area contributed by atoms with Crippen LogP contribution in [0.2, 0.25) is 0 Å². The summed E-state index contributed by atoms with van der Waals surface area (Å²) in [6.45, 7) is 4.51. The van der Waals surface area contributed by atoms with Gasteiger partial charge < -0.3 is 16.0 Å². The van der Waals surface area contributed by atoms with Crippen LogP contribution in [-0.4, -0.2) is 33.1 Å². The molecule has 0 amide bonds. The van der Waals surface area contributed by atoms with Crippen molar-refractivity contribution in [1.82, 2.24) is 15.0 Å². The lowest BCUT2D eigenvalue weighted by Crippen LogP contribution is -2.55. The van der Waals surface area contributed by atoms with Gasteiger partial charge in [0, 0.05) is 18.1 Å². The molecule has 8 bridgehead atoms. The number of rotatable bonds is 7. The fraction of sp³-hybridized carbons (Fsp3) is 0.808. The van der Waals surface area contributed by atoms with Gasteiger partial charge in [0.1, 0.15) is 0 Å². The van der Waals surface area contributed by atoms with Gasteiger partial charge in [0.2, 0.25) is 17.8 Å². The van der Waals surface area contributed by atoms with Crippen LogP contribution in [0.3, 0.4) is 0 Å². The molecule has 6 heteroatoms. The highest BCUT2D eigenvalue weighted by molar-refractivity contribution is 5.45. The Hall–Kier alpha value is -1.85. The first-order valence-corrected chi connectivity index (χ1v) is 13.3. The largest absolute Gasteiger partial charge is 0.351 e. The quantitative estimate of drug-likeness (QED) is 0.519. The highest BCUT2D eigenvalue weighted by Gasteiger charge is 2.51. The van der Waals surface area contributed by atoms with Crippen molar-refractivity contribution in [3.63, 3.8) is 0 Å². The molecule has 0 atom stereocenters. The highest BCUT2D eigenvalue weighted by atomic mass is 15.3. The summed E-state index contributed by atoms with van der Waals surface area (Å²) >= 11 is 0. The Labute approximate surface area is 191 Å². The predicted molar refractivity (Wildman–Crippen MR) is 127 cm³/mol. The Morgan fingerprint density at radius 3 is 1.84 bits per heavy atom. The first kappa shape index (κ1) is 19.6. The molecule has 0 unspecified atom stereocenters. The van der Waals surface area contributed by atoms with E-state index >= 15 is 0 Å². The van der Waals surface area contributed by atoms with Gasteiger partial charge in [-0.05, 0) is 112 Å². The molecule has 1 heterocycles. The van der Waals surface area contributed by atoms with Crippen LogP contribution in [0.1, 0.15) is 70.6 Å². The van der Waals surface area contributed by atoms with Crippen molar-refractivity contribution in [1.29, 1.82) is 0 Å². The monoisotopic (exact) mass is 434 g/mol. The van der Waals surface area contributed by atoms with Crippen LogP contribution in [0.25, 0.3) is 0 Å². The molecule has 0 radical (unpaired) electrons. The Morgan fingerprint density at radius 1 is 0.719 bits per heavy atom. The van der Waals surface area contributed by atoms with Crippen LogP contribution in [0.4, 0.5) is 17.8 Å². The van der Waals surface area contributed by atoms with E-state index < -0.39 is 0 Å². The van der Waals surface area contributed by atoms with Gasteiger partial charge in [-0.15, -0.1) is 6.58 Å². The fourth-order valence-corrected chi connectivity index (χ4v) is 9.55. The third-order valence-electron chi connectivity index (χ3n) is 9.98. The molecule has 6 nitrogen and oxygen atoms in total. The zero-order valence-corrected chi connectivity index (χ0v) is 19.2. The van der Waals surface area contributed by atoms with Gasteiger partial charge in [0.25, 0.3) is 0 Å². The molecule has 3 N–H and O–H groups in total. The number of nitrogens with zero attached hydrogens (tertiary/aromatic N) is 3. The summed E-state index contributed by atoms with van der Waals surface area (Å²) < 4.78 is 0. The molecule has 8 aliphatic carbocycles. The number of hydrogen-bond donors (Lipinski definition) is 3. The molecule has 0 spiro atoms. The zero-order chi connectivity index (χ0) is 21.3. The van der Waals surface area contributed by atoms with Gasteiger partial charge in [-0.25, -0.2) is 0 Å². The first-order chi connectivity index (χ1) is 15.6. The average Bonchev–Trinajstić information content (AvgIpc) is 2.73. The third kappa shape index (κ3) is 3.40. The van der Waals surface area contributed by atoms with Crippen LogP contribution in [-0.2, 0) is 0 Å². The fourth-order valence-electron chi connectivity index (χ4n) is 9.55. The molecule has 0 aromatic carbocycles. The molecule has 0 saturated heterocycles. The third-order valence-corrected chi connectivity index (χ3v) is 9.98. The molecule has 8 aliphatic rings. The summed E-state index contributed by atoms with van der Waals surface area (Å²) in [4.78, 5) is 14.5. The summed E-state index contributed by atoms with van der Waals surface area (Å²) in [5, 5.41) is 11.0. The maximum Gasteiger partial charge on any atom is 0.229 e. The van der Waals surface area contributed by atoms with Crippen molar-refractivity contribution in [3.8, 4) is 0 Å². The molecule has 0 aliphatic heterocycles. The van der Waals surface area contributed by atoms with Crippen molar-refractivity contribution >= 4 is 17.8 Å². The minimum atomic E-state index is 0.200. The van der Waals surface area contributed by atoms with E-state index in [4.69, 9.17) is 15.0 Å². The maximum atomic E-state index is 4.96. The van der Waals surface area contributed by atoms with E-state index in [-0.39, 0.29) is 5.54 Å². The van der Waals surface area contributed by atoms with E-state index in [2.05, 4.69) is 22.5 Å². The van der Waals surface area contributed by atoms with E-state index in [0.717, 1.165) is 53.3 Å². The van der Waals surface area contributed by atoms with Crippen LogP contribution < -0.4 is 16.0 Å². The topological polar surface area (TPSA) is 74.8 Å². The molecule has 8 saturated carbocycles. The van der Waals surface area contributed by atoms with Crippen LogP contribution >= 0.6 is 0 Å². The Balaban J connectivity index is 1.15. The van der Waals surface area contributed by atoms with Crippen molar-refractivity contribution in [2.45, 2.75) is 82.2 Å². The van der Waals surface area contributed by atoms with Crippen molar-refractivity contribution in [2.24, 2.45) is 41.4 Å². The standard InChI is InChI=1S/C26H38N6/c1-2-3-27-23-29-24(28-22-20-8-15-4-16(10-20)11-21(22)9-15)31-25(30-23)32-26-12-17-5-18(13-26)7-19(6-17)14-26/h2,15-22H,1,3-14H2,(H3,27,28,29,30,31,32). The van der Waals surface area contributed by atoms with Gasteiger partial charge in [0.05, 0.1) is 0 Å². The highest BCUT2D eigenvalue weighted by Crippen LogP contribution is 2.57. The lowest BCUT2D eigenvalue weighted by Gasteiger charge is -2.56. The van der Waals surface area contributed by atoms with Gasteiger partial charge in [-0.3, -0.25) is 0 Å². The van der Waals surface area contributed by atoms with Gasteiger partial charge in [-0.2, -0.15) is 15.0 Å². The Kier molecular flexibility index (Phi) is 4.49. The number of aromatic nitrogens is 3. The van der Waals surface area contributed by atoms with Gasteiger partial charge in [-0.1, -0.05) is 6.08 Å². The van der Waals surface area contributed by atoms with Crippen LogP contribution in [0.15, 0.2) is 12.7 Å². The predicted octanol–water partition coefficient (Wildman–Crippen LogP) is 5.09. The molecular weight excluding hydrogens is 396 g/mol. The van der Waals surface area contributed by atoms with E-state index in [0.29, 0.717) is 18.5 Å². The molecule has 1 aromatic rings. The van der Waals surface area contributed by atoms with E-state index in [1.165, 1.54) is 70.6 Å². The van der Waals surface area contributed by atoms with Crippen LogP contribution in [0, 0.1) is 41.4 Å². The smallest absolute Gasteiger partial charge is 0.229 e. The maximum absolute atomic E-state index is 4.96. The Morgan fingerprint density at radius 2 is 1.25 bits per heavy atom. The van der Waals surface area contributed by atoms with E-state index in [1.54, 1.807) is 0 Å². The normalized spacial score (nSPS) is 45.1. The molecule has 9 rings (SSSR count). The summed E-state index contributed by atoms with van der Waals surface area (Å²) in [7, 11) is 0. The molecule has 1 aromatic heterocycles.